The van der Waals surface area contributed by atoms with E-state index >= 15 is 0 Å². The molecule has 1 rings (SSSR count). The molecule has 0 aromatic heterocycles. The Morgan fingerprint density at radius 1 is 1.47 bits per heavy atom. The first kappa shape index (κ1) is 14.1. The van der Waals surface area contributed by atoms with E-state index in [4.69, 9.17) is 4.18 Å². The van der Waals surface area contributed by atoms with Crippen LogP contribution in [0.5, 0.6) is 0 Å². The molecule has 15 heavy (non-hydrogen) atoms. The fourth-order valence-corrected chi connectivity index (χ4v) is 3.70. The van der Waals surface area contributed by atoms with Crippen molar-refractivity contribution in [1.82, 2.24) is 5.32 Å². The molecule has 1 fully saturated rings. The Morgan fingerprint density at radius 3 is 2.60 bits per heavy atom. The normalized spacial score (nSPS) is 31.8. The van der Waals surface area contributed by atoms with E-state index in [2.05, 4.69) is 33.4 Å². The fraction of sp³-hybridized carbons (Fsp3) is 1.00. The molecule has 1 N–H and O–H groups in total. The smallest absolute Gasteiger partial charge is 0.0732 e. The van der Waals surface area contributed by atoms with Crippen LogP contribution < -0.4 is 5.32 Å². The van der Waals surface area contributed by atoms with Gasteiger partial charge in [-0.3, -0.25) is 0 Å². The van der Waals surface area contributed by atoms with E-state index in [0.29, 0.717) is 11.5 Å². The summed E-state index contributed by atoms with van der Waals surface area (Å²) in [4.78, 5) is 0. The molecule has 1 saturated carbocycles. The van der Waals surface area contributed by atoms with Crippen molar-refractivity contribution in [1.29, 1.82) is 0 Å². The van der Waals surface area contributed by atoms with Crippen LogP contribution in [-0.2, 0) is 4.18 Å². The molecule has 0 spiro atoms. The molecule has 0 bridgehead atoms. The lowest BCUT2D eigenvalue weighted by Gasteiger charge is -2.39. The Labute approximate surface area is 110 Å². The molecular weight excluding hydrogens is 321 g/mol. The standard InChI is InChI=1S/C11H22INOS/c1-3-11(8-9-13-2)6-4-10(5-7-11)14-15-12/h10,13H,3-9H2,1-2H3. The summed E-state index contributed by atoms with van der Waals surface area (Å²) in [5, 5.41) is 3.27. The topological polar surface area (TPSA) is 21.3 Å². The van der Waals surface area contributed by atoms with Gasteiger partial charge in [0.05, 0.1) is 15.3 Å². The van der Waals surface area contributed by atoms with Crippen molar-refractivity contribution < 1.29 is 4.18 Å². The first-order chi connectivity index (χ1) is 7.26. The minimum atomic E-state index is 0.501. The molecule has 0 aliphatic heterocycles. The van der Waals surface area contributed by atoms with Gasteiger partial charge in [0.15, 0.2) is 0 Å². The van der Waals surface area contributed by atoms with Crippen LogP contribution in [0.3, 0.4) is 0 Å². The average molecular weight is 343 g/mol. The molecule has 0 aromatic rings. The summed E-state index contributed by atoms with van der Waals surface area (Å²) in [6.45, 7) is 3.49. The van der Waals surface area contributed by atoms with E-state index in [-0.39, 0.29) is 0 Å². The van der Waals surface area contributed by atoms with E-state index < -0.39 is 0 Å². The number of nitrogens with one attached hydrogen (secondary N) is 1. The molecule has 0 saturated heterocycles. The first-order valence-electron chi connectivity index (χ1n) is 5.85. The van der Waals surface area contributed by atoms with E-state index in [9.17, 15) is 0 Å². The van der Waals surface area contributed by atoms with Gasteiger partial charge in [-0.15, -0.1) is 0 Å². The predicted octanol–water partition coefficient (Wildman–Crippen LogP) is 3.95. The highest BCUT2D eigenvalue weighted by Crippen LogP contribution is 2.43. The average Bonchev–Trinajstić information content (AvgIpc) is 2.29. The van der Waals surface area contributed by atoms with Gasteiger partial charge in [0.1, 0.15) is 0 Å². The molecule has 0 radical (unpaired) electrons. The van der Waals surface area contributed by atoms with Crippen molar-refractivity contribution in [2.45, 2.75) is 51.6 Å². The molecule has 2 nitrogen and oxygen atoms in total. The van der Waals surface area contributed by atoms with E-state index in [1.165, 1.54) is 47.7 Å². The maximum Gasteiger partial charge on any atom is 0.0732 e. The Hall–Kier alpha value is 1.00. The minimum absolute atomic E-state index is 0.501. The summed E-state index contributed by atoms with van der Waals surface area (Å²) in [6, 6.07) is 0. The van der Waals surface area contributed by atoms with E-state index in [1.807, 2.05) is 7.05 Å². The lowest BCUT2D eigenvalue weighted by molar-refractivity contribution is 0.0842. The molecule has 0 unspecified atom stereocenters. The van der Waals surface area contributed by atoms with Crippen LogP contribution in [0.25, 0.3) is 0 Å². The highest BCUT2D eigenvalue weighted by molar-refractivity contribution is 14.2. The predicted molar refractivity (Wildman–Crippen MR) is 76.2 cm³/mol. The van der Waals surface area contributed by atoms with Crippen molar-refractivity contribution in [3.05, 3.63) is 0 Å². The van der Waals surface area contributed by atoms with E-state index in [0.717, 1.165) is 6.54 Å². The van der Waals surface area contributed by atoms with Gasteiger partial charge in [-0.2, -0.15) is 0 Å². The Balaban J connectivity index is 2.36. The maximum absolute atomic E-state index is 5.61. The van der Waals surface area contributed by atoms with Gasteiger partial charge in [-0.05, 0) is 51.1 Å². The number of hydrogen-bond acceptors (Lipinski definition) is 3. The number of halogens is 1. The second kappa shape index (κ2) is 7.35. The summed E-state index contributed by atoms with van der Waals surface area (Å²) in [6.07, 6.45) is 8.31. The van der Waals surface area contributed by atoms with Gasteiger partial charge in [0.2, 0.25) is 0 Å². The van der Waals surface area contributed by atoms with Gasteiger partial charge in [-0.1, -0.05) is 13.3 Å². The van der Waals surface area contributed by atoms with Crippen LogP contribution in [0.15, 0.2) is 0 Å². The summed E-state index contributed by atoms with van der Waals surface area (Å²) >= 11 is 2.22. The van der Waals surface area contributed by atoms with Crippen molar-refractivity contribution in [2.24, 2.45) is 5.41 Å². The van der Waals surface area contributed by atoms with Gasteiger partial charge in [-0.25, -0.2) is 0 Å². The Morgan fingerprint density at radius 2 is 2.13 bits per heavy atom. The SMILES string of the molecule is CCC1(CCNC)CCC(OSI)CC1. The summed E-state index contributed by atoms with van der Waals surface area (Å²) in [5.74, 6) is 0. The molecule has 90 valence electrons. The summed E-state index contributed by atoms with van der Waals surface area (Å²) in [7, 11) is 3.54. The van der Waals surface area contributed by atoms with Crippen molar-refractivity contribution in [2.75, 3.05) is 13.6 Å². The quantitative estimate of drug-likeness (QED) is 0.583. The molecule has 0 aromatic carbocycles. The highest BCUT2D eigenvalue weighted by Gasteiger charge is 2.33. The number of hydrogen-bond donors (Lipinski definition) is 1. The lowest BCUT2D eigenvalue weighted by atomic mass is 9.69. The second-order valence-corrected chi connectivity index (χ2v) is 5.96. The van der Waals surface area contributed by atoms with Crippen LogP contribution in [0.2, 0.25) is 0 Å². The maximum atomic E-state index is 5.61. The van der Waals surface area contributed by atoms with Gasteiger partial charge < -0.3 is 9.50 Å². The monoisotopic (exact) mass is 343 g/mol. The third kappa shape index (κ3) is 4.40. The molecule has 1 aliphatic carbocycles. The van der Waals surface area contributed by atoms with Crippen LogP contribution >= 0.6 is 30.4 Å². The number of rotatable bonds is 6. The molecule has 0 heterocycles. The third-order valence-corrected chi connectivity index (χ3v) is 4.79. The fourth-order valence-electron chi connectivity index (χ4n) is 2.52. The van der Waals surface area contributed by atoms with Crippen molar-refractivity contribution in [3.8, 4) is 0 Å². The van der Waals surface area contributed by atoms with Gasteiger partial charge >= 0.3 is 0 Å². The van der Waals surface area contributed by atoms with Crippen LogP contribution in [0.4, 0.5) is 0 Å². The van der Waals surface area contributed by atoms with Crippen LogP contribution in [-0.4, -0.2) is 19.7 Å². The van der Waals surface area contributed by atoms with Crippen molar-refractivity contribution >= 4 is 30.4 Å². The Bertz CT molecular complexity index is 172. The van der Waals surface area contributed by atoms with Gasteiger partial charge in [0, 0.05) is 21.2 Å². The van der Waals surface area contributed by atoms with Crippen LogP contribution in [0, 0.1) is 5.41 Å². The second-order valence-electron chi connectivity index (χ2n) is 4.57. The molecular formula is C11H22INOS. The van der Waals surface area contributed by atoms with Crippen molar-refractivity contribution in [3.63, 3.8) is 0 Å². The summed E-state index contributed by atoms with van der Waals surface area (Å²) in [5.41, 5.74) is 0.596. The zero-order valence-electron chi connectivity index (χ0n) is 9.72. The lowest BCUT2D eigenvalue weighted by Crippen LogP contribution is -2.32. The van der Waals surface area contributed by atoms with Crippen LogP contribution in [0.1, 0.15) is 45.4 Å². The molecule has 4 heteroatoms. The van der Waals surface area contributed by atoms with E-state index in [1.54, 1.807) is 0 Å². The molecule has 1 aliphatic rings. The Kier molecular flexibility index (Phi) is 6.89. The molecule has 0 amide bonds. The summed E-state index contributed by atoms with van der Waals surface area (Å²) < 4.78 is 5.61. The zero-order chi connectivity index (χ0) is 11.1. The zero-order valence-corrected chi connectivity index (χ0v) is 12.7. The van der Waals surface area contributed by atoms with Gasteiger partial charge in [0.25, 0.3) is 0 Å². The highest BCUT2D eigenvalue weighted by atomic mass is 127. The molecule has 0 atom stereocenters. The first-order valence-corrected chi connectivity index (χ1v) is 9.13. The minimum Gasteiger partial charge on any atom is -0.320 e. The largest absolute Gasteiger partial charge is 0.320 e. The third-order valence-electron chi connectivity index (χ3n) is 3.82.